The molecule has 0 saturated heterocycles. The van der Waals surface area contributed by atoms with E-state index in [0.717, 1.165) is 4.47 Å². The number of hydrogen-bond donors (Lipinski definition) is 1. The molecule has 0 aliphatic heterocycles. The topological polar surface area (TPSA) is 58.6 Å². The molecule has 8 heteroatoms. The predicted molar refractivity (Wildman–Crippen MR) is 114 cm³/mol. The molecule has 1 unspecified atom stereocenters. The molecule has 0 aliphatic rings. The van der Waals surface area contributed by atoms with E-state index in [1.165, 1.54) is 11.0 Å². The normalized spacial score (nSPS) is 11.8. The molecule has 0 bridgehead atoms. The van der Waals surface area contributed by atoms with Crippen molar-refractivity contribution in [1.29, 1.82) is 0 Å². The number of nitrogens with one attached hydrogen (secondary N) is 1. The van der Waals surface area contributed by atoms with Crippen LogP contribution in [0, 0.1) is 5.82 Å². The maximum absolute atomic E-state index is 14.1. The zero-order valence-corrected chi connectivity index (χ0v) is 18.8. The van der Waals surface area contributed by atoms with Crippen LogP contribution in [0.15, 0.2) is 46.9 Å². The van der Waals surface area contributed by atoms with Crippen molar-refractivity contribution in [2.24, 2.45) is 0 Å². The molecule has 2 aromatic carbocycles. The van der Waals surface area contributed by atoms with Crippen LogP contribution in [0.1, 0.15) is 26.3 Å². The quantitative estimate of drug-likeness (QED) is 0.596. The second-order valence-corrected chi connectivity index (χ2v) is 8.14. The smallest absolute Gasteiger partial charge is 0.261 e. The van der Waals surface area contributed by atoms with Crippen LogP contribution in [-0.4, -0.2) is 35.4 Å². The second-order valence-electron chi connectivity index (χ2n) is 6.82. The van der Waals surface area contributed by atoms with Crippen molar-refractivity contribution in [3.05, 3.63) is 63.3 Å². The minimum absolute atomic E-state index is 0.0599. The van der Waals surface area contributed by atoms with Gasteiger partial charge in [0.25, 0.3) is 5.91 Å². The van der Waals surface area contributed by atoms with Gasteiger partial charge in [0.1, 0.15) is 17.6 Å². The highest BCUT2D eigenvalue weighted by Gasteiger charge is 2.27. The molecule has 0 saturated carbocycles. The maximum Gasteiger partial charge on any atom is 0.261 e. The third-order valence-electron chi connectivity index (χ3n) is 4.14. The molecule has 0 fully saturated rings. The Morgan fingerprint density at radius 1 is 1.21 bits per heavy atom. The van der Waals surface area contributed by atoms with Gasteiger partial charge < -0.3 is 15.0 Å². The largest absolute Gasteiger partial charge is 0.482 e. The van der Waals surface area contributed by atoms with Crippen LogP contribution in [0.3, 0.4) is 0 Å². The van der Waals surface area contributed by atoms with Crippen LogP contribution in [0.5, 0.6) is 5.75 Å². The summed E-state index contributed by atoms with van der Waals surface area (Å²) in [5.41, 5.74) is 0.312. The van der Waals surface area contributed by atoms with Gasteiger partial charge in [0, 0.05) is 22.6 Å². The van der Waals surface area contributed by atoms with E-state index in [4.69, 9.17) is 16.3 Å². The predicted octanol–water partition coefficient (Wildman–Crippen LogP) is 4.56. The molecule has 29 heavy (non-hydrogen) atoms. The fraction of sp³-hybridized carbons (Fsp3) is 0.333. The van der Waals surface area contributed by atoms with Gasteiger partial charge in [0.05, 0.1) is 5.02 Å². The summed E-state index contributed by atoms with van der Waals surface area (Å²) >= 11 is 9.42. The van der Waals surface area contributed by atoms with E-state index in [0.29, 0.717) is 16.3 Å². The molecule has 156 valence electrons. The first-order chi connectivity index (χ1) is 13.7. The molecule has 0 radical (unpaired) electrons. The van der Waals surface area contributed by atoms with Crippen molar-refractivity contribution in [1.82, 2.24) is 10.2 Å². The number of hydrogen-bond acceptors (Lipinski definition) is 3. The second kappa shape index (κ2) is 10.6. The average molecular weight is 486 g/mol. The van der Waals surface area contributed by atoms with Gasteiger partial charge in [-0.3, -0.25) is 9.59 Å². The summed E-state index contributed by atoms with van der Waals surface area (Å²) < 4.78 is 20.5. The Hall–Kier alpha value is -2.12. The highest BCUT2D eigenvalue weighted by Crippen LogP contribution is 2.27. The lowest BCUT2D eigenvalue weighted by molar-refractivity contribution is -0.142. The fourth-order valence-electron chi connectivity index (χ4n) is 2.61. The van der Waals surface area contributed by atoms with Crippen LogP contribution >= 0.6 is 27.5 Å². The van der Waals surface area contributed by atoms with Crippen LogP contribution in [0.2, 0.25) is 5.02 Å². The summed E-state index contributed by atoms with van der Waals surface area (Å²) in [4.78, 5) is 26.7. The molecule has 1 N–H and O–H groups in total. The van der Waals surface area contributed by atoms with E-state index in [1.54, 1.807) is 43.3 Å². The van der Waals surface area contributed by atoms with Crippen molar-refractivity contribution >= 4 is 39.3 Å². The van der Waals surface area contributed by atoms with Gasteiger partial charge in [-0.15, -0.1) is 0 Å². The van der Waals surface area contributed by atoms with E-state index >= 15 is 0 Å². The minimum Gasteiger partial charge on any atom is -0.482 e. The van der Waals surface area contributed by atoms with Gasteiger partial charge in [-0.1, -0.05) is 45.7 Å². The van der Waals surface area contributed by atoms with Crippen molar-refractivity contribution in [3.63, 3.8) is 0 Å². The fourth-order valence-corrected chi connectivity index (χ4v) is 3.34. The Morgan fingerprint density at radius 2 is 1.90 bits per heavy atom. The molecule has 0 aliphatic carbocycles. The van der Waals surface area contributed by atoms with Crippen molar-refractivity contribution in [2.75, 3.05) is 6.61 Å². The number of rotatable bonds is 8. The lowest BCUT2D eigenvalue weighted by Gasteiger charge is -2.29. The van der Waals surface area contributed by atoms with Gasteiger partial charge in [-0.2, -0.15) is 0 Å². The minimum atomic E-state index is -0.812. The van der Waals surface area contributed by atoms with Gasteiger partial charge >= 0.3 is 0 Å². The molecule has 2 amide bonds. The lowest BCUT2D eigenvalue weighted by Crippen LogP contribution is -2.50. The van der Waals surface area contributed by atoms with Crippen LogP contribution in [0.4, 0.5) is 4.39 Å². The Bertz CT molecular complexity index is 879. The molecule has 1 atom stereocenters. The number of carbonyl (C=O) groups is 2. The van der Waals surface area contributed by atoms with E-state index in [-0.39, 0.29) is 25.1 Å². The van der Waals surface area contributed by atoms with Crippen molar-refractivity contribution < 1.29 is 18.7 Å². The molecule has 2 rings (SSSR count). The van der Waals surface area contributed by atoms with Crippen molar-refractivity contribution in [2.45, 2.75) is 39.4 Å². The third kappa shape index (κ3) is 6.72. The van der Waals surface area contributed by atoms with Gasteiger partial charge in [-0.05, 0) is 45.0 Å². The molecular formula is C21H23BrClFN2O3. The highest BCUT2D eigenvalue weighted by atomic mass is 79.9. The summed E-state index contributed by atoms with van der Waals surface area (Å²) in [6.45, 7) is 4.85. The number of halogens is 3. The first kappa shape index (κ1) is 23.2. The van der Waals surface area contributed by atoms with E-state index in [1.807, 2.05) is 13.8 Å². The molecule has 2 aromatic rings. The monoisotopic (exact) mass is 484 g/mol. The van der Waals surface area contributed by atoms with Crippen LogP contribution in [-0.2, 0) is 16.1 Å². The van der Waals surface area contributed by atoms with E-state index in [9.17, 15) is 14.0 Å². The van der Waals surface area contributed by atoms with Gasteiger partial charge in [-0.25, -0.2) is 4.39 Å². The Morgan fingerprint density at radius 3 is 2.52 bits per heavy atom. The average Bonchev–Trinajstić information content (AvgIpc) is 2.65. The molecule has 5 nitrogen and oxygen atoms in total. The van der Waals surface area contributed by atoms with Crippen LogP contribution in [0.25, 0.3) is 0 Å². The lowest BCUT2D eigenvalue weighted by atomic mass is 10.1. The van der Waals surface area contributed by atoms with Crippen LogP contribution < -0.4 is 10.1 Å². The Labute approximate surface area is 183 Å². The molecule has 0 heterocycles. The Kier molecular flexibility index (Phi) is 8.46. The van der Waals surface area contributed by atoms with Gasteiger partial charge in [0.15, 0.2) is 6.61 Å². The summed E-state index contributed by atoms with van der Waals surface area (Å²) in [5.74, 6) is -0.892. The maximum atomic E-state index is 14.1. The summed E-state index contributed by atoms with van der Waals surface area (Å²) in [5, 5.41) is 3.12. The van der Waals surface area contributed by atoms with E-state index < -0.39 is 17.8 Å². The number of carbonyl (C=O) groups excluding carboxylic acids is 2. The zero-order chi connectivity index (χ0) is 21.6. The number of nitrogens with zero attached hydrogens (tertiary/aromatic N) is 1. The third-order valence-corrected chi connectivity index (χ3v) is 4.93. The molecule has 0 spiro atoms. The number of ether oxygens (including phenoxy) is 1. The summed E-state index contributed by atoms with van der Waals surface area (Å²) in [6, 6.07) is 10.3. The molecular weight excluding hydrogens is 463 g/mol. The standard InChI is InChI=1S/C21H23BrClFN2O3/c1-13(2)25-21(28)14(3)26(11-15-6-4-5-7-18(15)24)20(27)12-29-19-9-8-16(22)10-17(19)23/h4-10,13-14H,11-12H2,1-3H3,(H,25,28). The van der Waals surface area contributed by atoms with E-state index in [2.05, 4.69) is 21.2 Å². The number of amides is 2. The first-order valence-corrected chi connectivity index (χ1v) is 10.3. The zero-order valence-electron chi connectivity index (χ0n) is 16.4. The SMILES string of the molecule is CC(C)NC(=O)C(C)N(Cc1ccccc1F)C(=O)COc1ccc(Br)cc1Cl. The van der Waals surface area contributed by atoms with Gasteiger partial charge in [0.2, 0.25) is 5.91 Å². The first-order valence-electron chi connectivity index (χ1n) is 9.10. The Balaban J connectivity index is 2.19. The summed E-state index contributed by atoms with van der Waals surface area (Å²) in [6.07, 6.45) is 0. The molecule has 0 aromatic heterocycles. The highest BCUT2D eigenvalue weighted by molar-refractivity contribution is 9.10. The number of benzene rings is 2. The summed E-state index contributed by atoms with van der Waals surface area (Å²) in [7, 11) is 0. The van der Waals surface area contributed by atoms with Crippen molar-refractivity contribution in [3.8, 4) is 5.75 Å².